The molecule has 1 aliphatic heterocycles. The van der Waals surface area contributed by atoms with Gasteiger partial charge >= 0.3 is 12.4 Å². The summed E-state index contributed by atoms with van der Waals surface area (Å²) in [4.78, 5) is 32.7. The highest BCUT2D eigenvalue weighted by molar-refractivity contribution is 7.10. The van der Waals surface area contributed by atoms with Crippen LogP contribution in [0.15, 0.2) is 53.9 Å². The summed E-state index contributed by atoms with van der Waals surface area (Å²) in [7, 11) is 0. The second-order valence-corrected chi connectivity index (χ2v) is 11.5. The lowest BCUT2D eigenvalue weighted by Crippen LogP contribution is -2.45. The van der Waals surface area contributed by atoms with Gasteiger partial charge in [0.2, 0.25) is 5.91 Å². The number of halogens is 7. The standard InChI is InChI=1S/C30H30F7N3O2S/c1-20-8-13-43-26(20)18-40(17-21-4-6-25(31)7-5-21)27(41)19-39(12-11-38-9-2-3-10-38)28(42)22-14-23(29(32,33)34)16-24(15-22)30(35,36)37/h4-8,13-16H,2-3,9-12,17-19H2,1H3. The van der Waals surface area contributed by atoms with Gasteiger partial charge in [-0.25, -0.2) is 4.39 Å². The third-order valence-electron chi connectivity index (χ3n) is 7.27. The summed E-state index contributed by atoms with van der Waals surface area (Å²) >= 11 is 1.41. The van der Waals surface area contributed by atoms with Crippen molar-refractivity contribution in [3.05, 3.63) is 92.4 Å². The monoisotopic (exact) mass is 629 g/mol. The molecule has 232 valence electrons. The lowest BCUT2D eigenvalue weighted by Gasteiger charge is -2.29. The van der Waals surface area contributed by atoms with Crippen molar-refractivity contribution >= 4 is 23.2 Å². The largest absolute Gasteiger partial charge is 0.416 e. The summed E-state index contributed by atoms with van der Waals surface area (Å²) in [6.07, 6.45) is -8.42. The molecule has 0 radical (unpaired) electrons. The number of hydrogen-bond donors (Lipinski definition) is 0. The van der Waals surface area contributed by atoms with Gasteiger partial charge in [-0.15, -0.1) is 11.3 Å². The van der Waals surface area contributed by atoms with Gasteiger partial charge in [0.15, 0.2) is 0 Å². The molecule has 0 unspecified atom stereocenters. The third kappa shape index (κ3) is 8.79. The minimum Gasteiger partial charge on any atom is -0.332 e. The first-order chi connectivity index (χ1) is 20.2. The van der Waals surface area contributed by atoms with Crippen molar-refractivity contribution in [1.29, 1.82) is 0 Å². The Morgan fingerprint density at radius 1 is 0.860 bits per heavy atom. The van der Waals surface area contributed by atoms with Gasteiger partial charge in [0, 0.05) is 30.1 Å². The molecule has 3 aromatic rings. The molecule has 2 amide bonds. The molecular weight excluding hydrogens is 599 g/mol. The van der Waals surface area contributed by atoms with Crippen LogP contribution in [0.5, 0.6) is 0 Å². The molecule has 13 heteroatoms. The van der Waals surface area contributed by atoms with Gasteiger partial charge in [-0.3, -0.25) is 9.59 Å². The van der Waals surface area contributed by atoms with Crippen LogP contribution in [0.3, 0.4) is 0 Å². The molecular formula is C30H30F7N3O2S. The zero-order valence-electron chi connectivity index (χ0n) is 23.3. The number of hydrogen-bond acceptors (Lipinski definition) is 4. The Morgan fingerprint density at radius 2 is 1.47 bits per heavy atom. The van der Waals surface area contributed by atoms with Crippen LogP contribution < -0.4 is 0 Å². The summed E-state index contributed by atoms with van der Waals surface area (Å²) in [5.41, 5.74) is -2.50. The van der Waals surface area contributed by atoms with Gasteiger partial charge in [-0.2, -0.15) is 26.3 Å². The Kier molecular flexibility index (Phi) is 10.2. The zero-order valence-corrected chi connectivity index (χ0v) is 24.1. The fraction of sp³-hybridized carbons (Fsp3) is 0.400. The van der Waals surface area contributed by atoms with Gasteiger partial charge in [0.1, 0.15) is 12.4 Å². The molecule has 0 atom stereocenters. The molecule has 0 aliphatic carbocycles. The van der Waals surface area contributed by atoms with E-state index in [4.69, 9.17) is 0 Å². The van der Waals surface area contributed by atoms with Crippen molar-refractivity contribution in [2.45, 2.75) is 45.2 Å². The number of nitrogens with zero attached hydrogens (tertiary/aromatic N) is 3. The molecule has 0 N–H and O–H groups in total. The Morgan fingerprint density at radius 3 is 2.00 bits per heavy atom. The van der Waals surface area contributed by atoms with E-state index in [9.17, 15) is 40.3 Å². The van der Waals surface area contributed by atoms with E-state index in [1.807, 2.05) is 23.3 Å². The summed E-state index contributed by atoms with van der Waals surface area (Å²) in [5.74, 6) is -2.14. The second-order valence-electron chi connectivity index (χ2n) is 10.5. The Hall–Kier alpha value is -3.45. The summed E-state index contributed by atoms with van der Waals surface area (Å²) in [6, 6.07) is 8.11. The molecule has 4 rings (SSSR count). The first kappa shape index (κ1) is 32.5. The Balaban J connectivity index is 1.65. The van der Waals surface area contributed by atoms with E-state index in [2.05, 4.69) is 0 Å². The average Bonchev–Trinajstić information content (AvgIpc) is 3.62. The number of carbonyl (C=O) groups is 2. The first-order valence-electron chi connectivity index (χ1n) is 13.6. The highest BCUT2D eigenvalue weighted by atomic mass is 32.1. The molecule has 1 saturated heterocycles. The van der Waals surface area contributed by atoms with Crippen molar-refractivity contribution in [3.63, 3.8) is 0 Å². The van der Waals surface area contributed by atoms with Crippen LogP contribution in [-0.4, -0.2) is 59.2 Å². The lowest BCUT2D eigenvalue weighted by molar-refractivity contribution is -0.143. The minimum atomic E-state index is -5.13. The smallest absolute Gasteiger partial charge is 0.332 e. The molecule has 43 heavy (non-hydrogen) atoms. The highest BCUT2D eigenvalue weighted by Crippen LogP contribution is 2.36. The van der Waals surface area contributed by atoms with Crippen molar-refractivity contribution < 1.29 is 40.3 Å². The number of rotatable bonds is 10. The quantitative estimate of drug-likeness (QED) is 0.227. The second kappa shape index (κ2) is 13.5. The number of likely N-dealkylation sites (tertiary alicyclic amines) is 1. The molecule has 0 spiro atoms. The molecule has 2 heterocycles. The minimum absolute atomic E-state index is 0.0374. The van der Waals surface area contributed by atoms with Crippen LogP contribution in [0.25, 0.3) is 0 Å². The SMILES string of the molecule is Cc1ccsc1CN(Cc1ccc(F)cc1)C(=O)CN(CCN1CCCC1)C(=O)c1cc(C(F)(F)F)cc(C(F)(F)F)c1. The van der Waals surface area contributed by atoms with E-state index in [0.717, 1.165) is 41.3 Å². The maximum absolute atomic E-state index is 13.7. The summed E-state index contributed by atoms with van der Waals surface area (Å²) in [6.45, 7) is 3.16. The molecule has 0 saturated carbocycles. The van der Waals surface area contributed by atoms with Crippen LogP contribution >= 0.6 is 11.3 Å². The fourth-order valence-electron chi connectivity index (χ4n) is 4.83. The number of benzene rings is 2. The molecule has 2 aromatic carbocycles. The number of aryl methyl sites for hydroxylation is 1. The number of thiophene rings is 1. The highest BCUT2D eigenvalue weighted by Gasteiger charge is 2.38. The van der Waals surface area contributed by atoms with Gasteiger partial charge in [0.25, 0.3) is 5.91 Å². The summed E-state index contributed by atoms with van der Waals surface area (Å²) < 4.78 is 94.7. The predicted molar refractivity (Wildman–Crippen MR) is 148 cm³/mol. The molecule has 5 nitrogen and oxygen atoms in total. The van der Waals surface area contributed by atoms with Crippen molar-refractivity contribution in [2.75, 3.05) is 32.7 Å². The van der Waals surface area contributed by atoms with Gasteiger partial charge in [-0.05, 0) is 85.8 Å². The normalized spacial score (nSPS) is 14.2. The average molecular weight is 630 g/mol. The molecule has 0 bridgehead atoms. The molecule has 1 aliphatic rings. The van der Waals surface area contributed by atoms with Gasteiger partial charge in [0.05, 0.1) is 17.7 Å². The van der Waals surface area contributed by atoms with E-state index in [-0.39, 0.29) is 25.7 Å². The van der Waals surface area contributed by atoms with Crippen molar-refractivity contribution in [2.24, 2.45) is 0 Å². The van der Waals surface area contributed by atoms with E-state index < -0.39 is 53.2 Å². The molecule has 1 aromatic heterocycles. The van der Waals surface area contributed by atoms with Gasteiger partial charge < -0.3 is 14.7 Å². The van der Waals surface area contributed by atoms with Gasteiger partial charge in [-0.1, -0.05) is 12.1 Å². The lowest BCUT2D eigenvalue weighted by atomic mass is 10.0. The maximum Gasteiger partial charge on any atom is 0.416 e. The first-order valence-corrected chi connectivity index (χ1v) is 14.4. The van der Waals surface area contributed by atoms with E-state index in [1.54, 1.807) is 0 Å². The van der Waals surface area contributed by atoms with Crippen LogP contribution in [0.4, 0.5) is 30.7 Å². The van der Waals surface area contributed by atoms with Crippen LogP contribution in [0.2, 0.25) is 0 Å². The van der Waals surface area contributed by atoms with E-state index in [0.29, 0.717) is 24.2 Å². The Bertz CT molecular complexity index is 1380. The molecule has 1 fully saturated rings. The summed E-state index contributed by atoms with van der Waals surface area (Å²) in [5, 5.41) is 1.85. The Labute approximate surface area is 248 Å². The third-order valence-corrected chi connectivity index (χ3v) is 8.28. The van der Waals surface area contributed by atoms with Crippen molar-refractivity contribution in [3.8, 4) is 0 Å². The van der Waals surface area contributed by atoms with Crippen LogP contribution in [-0.2, 0) is 30.2 Å². The maximum atomic E-state index is 13.7. The predicted octanol–water partition coefficient (Wildman–Crippen LogP) is 7.00. The van der Waals surface area contributed by atoms with Crippen LogP contribution in [0.1, 0.15) is 50.3 Å². The number of alkyl halides is 6. The van der Waals surface area contributed by atoms with E-state index >= 15 is 0 Å². The van der Waals surface area contributed by atoms with Crippen molar-refractivity contribution in [1.82, 2.24) is 14.7 Å². The topological polar surface area (TPSA) is 43.9 Å². The zero-order chi connectivity index (χ0) is 31.4. The number of carbonyl (C=O) groups excluding carboxylic acids is 2. The van der Waals surface area contributed by atoms with Crippen LogP contribution in [0, 0.1) is 12.7 Å². The number of amides is 2. The fourth-order valence-corrected chi connectivity index (χ4v) is 5.75. The van der Waals surface area contributed by atoms with E-state index in [1.165, 1.54) is 40.5 Å².